The first-order valence-corrected chi connectivity index (χ1v) is 6.98. The second kappa shape index (κ2) is 5.04. The second-order valence-corrected chi connectivity index (χ2v) is 5.76. The number of aromatic nitrogens is 1. The van der Waals surface area contributed by atoms with Crippen LogP contribution in [-0.4, -0.2) is 13.4 Å². The van der Waals surface area contributed by atoms with Gasteiger partial charge in [-0.15, -0.1) is 0 Å². The number of sulfonamides is 1. The molecule has 0 fully saturated rings. The summed E-state index contributed by atoms with van der Waals surface area (Å²) in [6, 6.07) is 4.21. The lowest BCUT2D eigenvalue weighted by Gasteiger charge is -2.10. The van der Waals surface area contributed by atoms with Crippen molar-refractivity contribution in [2.45, 2.75) is 11.8 Å². The van der Waals surface area contributed by atoms with Crippen molar-refractivity contribution in [3.8, 4) is 0 Å². The van der Waals surface area contributed by atoms with Gasteiger partial charge in [-0.05, 0) is 36.8 Å². The number of aryl methyl sites for hydroxylation is 1. The van der Waals surface area contributed by atoms with Gasteiger partial charge in [0, 0.05) is 5.69 Å². The number of halogens is 2. The fourth-order valence-electron chi connectivity index (χ4n) is 1.50. The number of nitrogen functional groups attached to an aromatic ring is 1. The molecule has 2 rings (SSSR count). The molecule has 8 heteroatoms. The maximum atomic E-state index is 13.7. The minimum atomic E-state index is -4.19. The molecule has 0 radical (unpaired) electrons. The van der Waals surface area contributed by atoms with E-state index >= 15 is 0 Å². The number of nitrogens with zero attached hydrogens (tertiary/aromatic N) is 1. The molecule has 1 aromatic carbocycles. The normalized spacial score (nSPS) is 11.3. The zero-order valence-electron chi connectivity index (χ0n) is 10.4. The summed E-state index contributed by atoms with van der Waals surface area (Å²) in [5, 5.41) is 0. The van der Waals surface area contributed by atoms with Crippen LogP contribution in [0.1, 0.15) is 5.56 Å². The molecular weight excluding hydrogens is 288 g/mol. The van der Waals surface area contributed by atoms with Gasteiger partial charge in [0.15, 0.2) is 0 Å². The Balaban J connectivity index is 2.40. The predicted molar refractivity (Wildman–Crippen MR) is 70.6 cm³/mol. The predicted octanol–water partition coefficient (Wildman–Crippen LogP) is 2.05. The van der Waals surface area contributed by atoms with Crippen LogP contribution in [0.15, 0.2) is 35.4 Å². The summed E-state index contributed by atoms with van der Waals surface area (Å²) in [6.07, 6.45) is 0.845. The van der Waals surface area contributed by atoms with E-state index in [0.29, 0.717) is 5.56 Å². The van der Waals surface area contributed by atoms with Crippen LogP contribution in [0.25, 0.3) is 0 Å². The Hall–Kier alpha value is -2.22. The van der Waals surface area contributed by atoms with Gasteiger partial charge in [0.1, 0.15) is 22.3 Å². The van der Waals surface area contributed by atoms with Gasteiger partial charge in [0.05, 0.1) is 6.20 Å². The highest BCUT2D eigenvalue weighted by molar-refractivity contribution is 7.92. The van der Waals surface area contributed by atoms with Crippen molar-refractivity contribution in [1.29, 1.82) is 0 Å². The molecule has 20 heavy (non-hydrogen) atoms. The zero-order valence-corrected chi connectivity index (χ0v) is 11.2. The second-order valence-electron chi connectivity index (χ2n) is 4.11. The minimum absolute atomic E-state index is 0.120. The van der Waals surface area contributed by atoms with E-state index in [1.807, 2.05) is 4.72 Å². The molecule has 0 aliphatic carbocycles. The molecule has 1 aromatic heterocycles. The molecule has 2 aromatic rings. The Morgan fingerprint density at radius 3 is 2.55 bits per heavy atom. The largest absolute Gasteiger partial charge is 0.398 e. The van der Waals surface area contributed by atoms with Gasteiger partial charge in [-0.3, -0.25) is 4.72 Å². The Labute approximate surface area is 114 Å². The van der Waals surface area contributed by atoms with Crippen molar-refractivity contribution >= 4 is 21.5 Å². The van der Waals surface area contributed by atoms with Crippen LogP contribution in [0, 0.1) is 18.6 Å². The third kappa shape index (κ3) is 2.85. The van der Waals surface area contributed by atoms with Gasteiger partial charge in [0.25, 0.3) is 10.0 Å². The Morgan fingerprint density at radius 2 is 1.95 bits per heavy atom. The van der Waals surface area contributed by atoms with Crippen LogP contribution in [0.5, 0.6) is 0 Å². The van der Waals surface area contributed by atoms with Crippen LogP contribution in [0.4, 0.5) is 20.3 Å². The quantitative estimate of drug-likeness (QED) is 0.849. The van der Waals surface area contributed by atoms with Gasteiger partial charge in [-0.25, -0.2) is 22.2 Å². The fourth-order valence-corrected chi connectivity index (χ4v) is 2.61. The lowest BCUT2D eigenvalue weighted by Crippen LogP contribution is -2.16. The molecule has 0 unspecified atom stereocenters. The highest BCUT2D eigenvalue weighted by Crippen LogP contribution is 2.23. The summed E-state index contributed by atoms with van der Waals surface area (Å²) in [7, 11) is -4.19. The van der Waals surface area contributed by atoms with Crippen molar-refractivity contribution < 1.29 is 17.2 Å². The summed E-state index contributed by atoms with van der Waals surface area (Å²) in [4.78, 5) is 2.95. The van der Waals surface area contributed by atoms with E-state index in [9.17, 15) is 17.2 Å². The molecular formula is C12H11F2N3O2S. The summed E-state index contributed by atoms with van der Waals surface area (Å²) in [5.41, 5.74) is 6.16. The summed E-state index contributed by atoms with van der Waals surface area (Å²) < 4.78 is 52.5. The van der Waals surface area contributed by atoms with E-state index in [2.05, 4.69) is 4.98 Å². The Bertz CT molecular complexity index is 746. The molecule has 0 saturated carbocycles. The molecule has 1 heterocycles. The standard InChI is InChI=1S/C12H11F2N3O2S/c1-7-4-9(14)11(5-10(7)15)20(18,19)17-12-3-2-8(13)6-16-12/h2-6H,15H2,1H3,(H,16,17). The van der Waals surface area contributed by atoms with Gasteiger partial charge < -0.3 is 5.73 Å². The number of hydrogen-bond donors (Lipinski definition) is 2. The lowest BCUT2D eigenvalue weighted by atomic mass is 10.2. The summed E-state index contributed by atoms with van der Waals surface area (Å²) in [6.45, 7) is 1.56. The maximum Gasteiger partial charge on any atom is 0.266 e. The molecule has 3 N–H and O–H groups in total. The molecule has 0 aliphatic heterocycles. The number of pyridine rings is 1. The van der Waals surface area contributed by atoms with Gasteiger partial charge in [-0.2, -0.15) is 0 Å². The lowest BCUT2D eigenvalue weighted by molar-refractivity contribution is 0.569. The van der Waals surface area contributed by atoms with Crippen molar-refractivity contribution in [1.82, 2.24) is 4.98 Å². The molecule has 0 atom stereocenters. The number of benzene rings is 1. The maximum absolute atomic E-state index is 13.7. The average molecular weight is 299 g/mol. The monoisotopic (exact) mass is 299 g/mol. The van der Waals surface area contributed by atoms with E-state index in [1.165, 1.54) is 0 Å². The van der Waals surface area contributed by atoms with E-state index in [4.69, 9.17) is 5.73 Å². The Kier molecular flexibility index (Phi) is 3.58. The SMILES string of the molecule is Cc1cc(F)c(S(=O)(=O)Nc2ccc(F)cn2)cc1N. The van der Waals surface area contributed by atoms with Gasteiger partial charge in [0.2, 0.25) is 0 Å². The van der Waals surface area contributed by atoms with E-state index in [1.54, 1.807) is 6.92 Å². The Morgan fingerprint density at radius 1 is 1.25 bits per heavy atom. The fraction of sp³-hybridized carbons (Fsp3) is 0.0833. The molecule has 106 valence electrons. The molecule has 0 saturated heterocycles. The van der Waals surface area contributed by atoms with E-state index in [0.717, 1.165) is 30.5 Å². The highest BCUT2D eigenvalue weighted by atomic mass is 32.2. The zero-order chi connectivity index (χ0) is 14.9. The smallest absolute Gasteiger partial charge is 0.266 e. The van der Waals surface area contributed by atoms with Crippen LogP contribution < -0.4 is 10.5 Å². The topological polar surface area (TPSA) is 85.1 Å². The van der Waals surface area contributed by atoms with Crippen LogP contribution in [0.2, 0.25) is 0 Å². The number of nitrogens with two attached hydrogens (primary N) is 1. The third-order valence-corrected chi connectivity index (χ3v) is 3.95. The van der Waals surface area contributed by atoms with Crippen molar-refractivity contribution in [2.24, 2.45) is 0 Å². The van der Waals surface area contributed by atoms with E-state index < -0.39 is 26.6 Å². The van der Waals surface area contributed by atoms with E-state index in [-0.39, 0.29) is 11.5 Å². The van der Waals surface area contributed by atoms with Crippen LogP contribution in [-0.2, 0) is 10.0 Å². The highest BCUT2D eigenvalue weighted by Gasteiger charge is 2.21. The van der Waals surface area contributed by atoms with Crippen molar-refractivity contribution in [3.05, 3.63) is 47.7 Å². The molecule has 5 nitrogen and oxygen atoms in total. The number of anilines is 2. The number of rotatable bonds is 3. The molecule has 0 aliphatic rings. The molecule has 0 amide bonds. The minimum Gasteiger partial charge on any atom is -0.398 e. The first-order valence-electron chi connectivity index (χ1n) is 5.49. The third-order valence-electron chi connectivity index (χ3n) is 2.58. The van der Waals surface area contributed by atoms with Crippen molar-refractivity contribution in [2.75, 3.05) is 10.5 Å². The average Bonchev–Trinajstić information content (AvgIpc) is 2.36. The van der Waals surface area contributed by atoms with Crippen LogP contribution in [0.3, 0.4) is 0 Å². The first-order chi connectivity index (χ1) is 9.29. The number of hydrogen-bond acceptors (Lipinski definition) is 4. The summed E-state index contributed by atoms with van der Waals surface area (Å²) in [5.74, 6) is -1.66. The van der Waals surface area contributed by atoms with Gasteiger partial charge >= 0.3 is 0 Å². The first kappa shape index (κ1) is 14.2. The summed E-state index contributed by atoms with van der Waals surface area (Å²) >= 11 is 0. The molecule has 0 bridgehead atoms. The van der Waals surface area contributed by atoms with Crippen molar-refractivity contribution in [3.63, 3.8) is 0 Å². The number of nitrogens with one attached hydrogen (secondary N) is 1. The van der Waals surface area contributed by atoms with Crippen LogP contribution >= 0.6 is 0 Å². The van der Waals surface area contributed by atoms with Gasteiger partial charge in [-0.1, -0.05) is 0 Å². The molecule has 0 spiro atoms.